The van der Waals surface area contributed by atoms with Crippen LogP contribution < -0.4 is 10.1 Å². The minimum absolute atomic E-state index is 0.147. The fourth-order valence-electron chi connectivity index (χ4n) is 3.49. The molecule has 1 aromatic heterocycles. The smallest absolute Gasteiger partial charge is 0.278 e. The lowest BCUT2D eigenvalue weighted by Gasteiger charge is -2.17. The number of nitrogens with one attached hydrogen (secondary N) is 1. The van der Waals surface area contributed by atoms with E-state index in [-0.39, 0.29) is 18.4 Å². The van der Waals surface area contributed by atoms with Crippen molar-refractivity contribution < 1.29 is 14.3 Å². The minimum Gasteiger partial charge on any atom is -0.496 e. The van der Waals surface area contributed by atoms with E-state index in [4.69, 9.17) is 4.74 Å². The lowest BCUT2D eigenvalue weighted by atomic mass is 10.1. The van der Waals surface area contributed by atoms with Crippen molar-refractivity contribution in [1.82, 2.24) is 4.90 Å². The Kier molecular flexibility index (Phi) is 5.42. The quantitative estimate of drug-likeness (QED) is 0.586. The Morgan fingerprint density at radius 1 is 1.00 bits per heavy atom. The van der Waals surface area contributed by atoms with Gasteiger partial charge in [-0.15, -0.1) is 11.3 Å². The molecule has 2 aromatic carbocycles. The summed E-state index contributed by atoms with van der Waals surface area (Å²) in [6.07, 6.45) is 0. The number of nitrogens with zero attached hydrogens (tertiary/aromatic N) is 1. The second-order valence-electron chi connectivity index (χ2n) is 7.18. The first-order valence-corrected chi connectivity index (χ1v) is 10.5. The lowest BCUT2D eigenvalue weighted by molar-refractivity contribution is -0.137. The molecule has 2 heterocycles. The Morgan fingerprint density at radius 3 is 2.53 bits per heavy atom. The van der Waals surface area contributed by atoms with Crippen LogP contribution in [0, 0.1) is 13.8 Å². The van der Waals surface area contributed by atoms with Crippen molar-refractivity contribution in [2.75, 3.05) is 12.4 Å². The van der Waals surface area contributed by atoms with Gasteiger partial charge in [-0.3, -0.25) is 14.5 Å². The van der Waals surface area contributed by atoms with E-state index in [1.807, 2.05) is 73.8 Å². The van der Waals surface area contributed by atoms with E-state index in [0.717, 1.165) is 27.3 Å². The second kappa shape index (κ2) is 8.16. The highest BCUT2D eigenvalue weighted by molar-refractivity contribution is 7.11. The van der Waals surface area contributed by atoms with E-state index in [9.17, 15) is 9.59 Å². The molecule has 3 aromatic rings. The molecular weight excluding hydrogens is 396 g/mol. The highest BCUT2D eigenvalue weighted by Gasteiger charge is 2.40. The van der Waals surface area contributed by atoms with Gasteiger partial charge in [0.2, 0.25) is 0 Å². The normalized spacial score (nSPS) is 13.9. The molecule has 0 unspecified atom stereocenters. The first-order chi connectivity index (χ1) is 14.5. The van der Waals surface area contributed by atoms with Gasteiger partial charge in [0, 0.05) is 16.1 Å². The van der Waals surface area contributed by atoms with Gasteiger partial charge in [0.15, 0.2) is 0 Å². The van der Waals surface area contributed by atoms with Crippen molar-refractivity contribution in [3.8, 4) is 5.75 Å². The molecule has 152 valence electrons. The zero-order valence-corrected chi connectivity index (χ0v) is 17.9. The predicted octanol–water partition coefficient (Wildman–Crippen LogP) is 4.77. The fourth-order valence-corrected chi connectivity index (χ4v) is 4.26. The van der Waals surface area contributed by atoms with Crippen LogP contribution in [0.1, 0.15) is 21.6 Å². The van der Waals surface area contributed by atoms with Gasteiger partial charge in [0.05, 0.1) is 19.2 Å². The van der Waals surface area contributed by atoms with E-state index < -0.39 is 0 Å². The van der Waals surface area contributed by atoms with E-state index in [1.165, 1.54) is 16.2 Å². The fraction of sp³-hybridized carbons (Fsp3) is 0.167. The number of para-hydroxylation sites is 1. The Labute approximate surface area is 179 Å². The summed E-state index contributed by atoms with van der Waals surface area (Å²) in [6, 6.07) is 17.1. The zero-order valence-electron chi connectivity index (χ0n) is 17.1. The summed E-state index contributed by atoms with van der Waals surface area (Å²) in [7, 11) is 1.58. The van der Waals surface area contributed by atoms with Crippen LogP contribution in [-0.4, -0.2) is 23.8 Å². The maximum absolute atomic E-state index is 13.4. The number of aryl methyl sites for hydroxylation is 2. The van der Waals surface area contributed by atoms with Crippen LogP contribution in [0.15, 0.2) is 65.7 Å². The first-order valence-electron chi connectivity index (χ1n) is 9.60. The Morgan fingerprint density at radius 2 is 1.80 bits per heavy atom. The number of carbonyl (C=O) groups is 2. The van der Waals surface area contributed by atoms with Gasteiger partial charge in [-0.1, -0.05) is 36.4 Å². The zero-order chi connectivity index (χ0) is 21.3. The molecule has 0 spiro atoms. The van der Waals surface area contributed by atoms with Crippen LogP contribution in [0.3, 0.4) is 0 Å². The van der Waals surface area contributed by atoms with E-state index in [1.54, 1.807) is 7.11 Å². The molecule has 0 bridgehead atoms. The first kappa shape index (κ1) is 19.9. The van der Waals surface area contributed by atoms with Gasteiger partial charge >= 0.3 is 0 Å². The number of ether oxygens (including phenoxy) is 1. The number of thiophene rings is 1. The third-order valence-electron chi connectivity index (χ3n) is 5.11. The molecular formula is C24H22N2O3S. The van der Waals surface area contributed by atoms with Gasteiger partial charge < -0.3 is 10.1 Å². The number of methoxy groups -OCH3 is 1. The molecule has 30 heavy (non-hydrogen) atoms. The summed E-state index contributed by atoms with van der Waals surface area (Å²) in [5.41, 5.74) is 4.39. The Balaban J connectivity index is 1.74. The summed E-state index contributed by atoms with van der Waals surface area (Å²) in [5.74, 6) is 0.00286. The molecule has 4 rings (SSSR count). The molecule has 0 aliphatic carbocycles. The Bertz CT molecular complexity index is 1150. The minimum atomic E-state index is -0.338. The molecule has 1 aliphatic heterocycles. The van der Waals surface area contributed by atoms with Crippen molar-refractivity contribution in [3.63, 3.8) is 0 Å². The maximum Gasteiger partial charge on any atom is 0.278 e. The number of rotatable bonds is 6. The van der Waals surface area contributed by atoms with Gasteiger partial charge in [-0.05, 0) is 48.6 Å². The maximum atomic E-state index is 13.4. The predicted molar refractivity (Wildman–Crippen MR) is 119 cm³/mol. The summed E-state index contributed by atoms with van der Waals surface area (Å²) in [6.45, 7) is 4.12. The number of anilines is 1. The second-order valence-corrected chi connectivity index (χ2v) is 8.13. The van der Waals surface area contributed by atoms with Gasteiger partial charge in [-0.2, -0.15) is 0 Å². The van der Waals surface area contributed by atoms with Gasteiger partial charge in [0.1, 0.15) is 11.4 Å². The molecule has 2 amide bonds. The molecule has 0 radical (unpaired) electrons. The molecule has 6 heteroatoms. The van der Waals surface area contributed by atoms with Crippen molar-refractivity contribution in [1.29, 1.82) is 0 Å². The molecule has 1 aliphatic rings. The third kappa shape index (κ3) is 3.62. The monoisotopic (exact) mass is 418 g/mol. The summed E-state index contributed by atoms with van der Waals surface area (Å²) >= 11 is 1.44. The summed E-state index contributed by atoms with van der Waals surface area (Å²) < 4.78 is 5.40. The van der Waals surface area contributed by atoms with E-state index in [0.29, 0.717) is 17.0 Å². The highest BCUT2D eigenvalue weighted by atomic mass is 32.1. The molecule has 1 N–H and O–H groups in total. The number of hydrogen-bond donors (Lipinski definition) is 1. The Hall–Kier alpha value is -3.38. The highest BCUT2D eigenvalue weighted by Crippen LogP contribution is 2.35. The lowest BCUT2D eigenvalue weighted by Crippen LogP contribution is -2.32. The molecule has 0 atom stereocenters. The molecule has 0 saturated carbocycles. The summed E-state index contributed by atoms with van der Waals surface area (Å²) in [4.78, 5) is 28.8. The van der Waals surface area contributed by atoms with Gasteiger partial charge in [-0.25, -0.2) is 0 Å². The average Bonchev–Trinajstić information content (AvgIpc) is 3.34. The molecule has 0 fully saturated rings. The average molecular weight is 419 g/mol. The largest absolute Gasteiger partial charge is 0.496 e. The van der Waals surface area contributed by atoms with Crippen molar-refractivity contribution >= 4 is 34.4 Å². The number of imide groups is 1. The van der Waals surface area contributed by atoms with Crippen molar-refractivity contribution in [2.24, 2.45) is 0 Å². The van der Waals surface area contributed by atoms with Crippen LogP contribution in [0.25, 0.3) is 5.57 Å². The van der Waals surface area contributed by atoms with Crippen LogP contribution in [-0.2, 0) is 16.1 Å². The SMILES string of the molecule is COc1ccccc1CN1C(=O)C(Nc2cc(C)ccc2C)=C(c2cccs2)C1=O. The van der Waals surface area contributed by atoms with E-state index in [2.05, 4.69) is 5.32 Å². The molecule has 5 nitrogen and oxygen atoms in total. The van der Waals surface area contributed by atoms with Crippen LogP contribution in [0.2, 0.25) is 0 Å². The third-order valence-corrected chi connectivity index (χ3v) is 6.00. The van der Waals surface area contributed by atoms with E-state index >= 15 is 0 Å². The van der Waals surface area contributed by atoms with Crippen LogP contribution in [0.4, 0.5) is 5.69 Å². The standard InChI is InChI=1S/C24H22N2O3S/c1-15-10-11-16(2)18(13-15)25-22-21(20-9-6-12-30-20)23(27)26(24(22)28)14-17-7-4-5-8-19(17)29-3/h4-13,25H,14H2,1-3H3. The van der Waals surface area contributed by atoms with Crippen molar-refractivity contribution in [2.45, 2.75) is 20.4 Å². The van der Waals surface area contributed by atoms with Crippen molar-refractivity contribution in [3.05, 3.63) is 87.2 Å². The van der Waals surface area contributed by atoms with Crippen LogP contribution in [0.5, 0.6) is 5.75 Å². The number of amides is 2. The van der Waals surface area contributed by atoms with Gasteiger partial charge in [0.25, 0.3) is 11.8 Å². The van der Waals surface area contributed by atoms with Crippen LogP contribution >= 0.6 is 11.3 Å². The number of hydrogen-bond acceptors (Lipinski definition) is 5. The number of carbonyl (C=O) groups excluding carboxylic acids is 2. The topological polar surface area (TPSA) is 58.6 Å². The molecule has 0 saturated heterocycles. The summed E-state index contributed by atoms with van der Waals surface area (Å²) in [5, 5.41) is 5.16. The number of benzene rings is 2.